The van der Waals surface area contributed by atoms with E-state index in [4.69, 9.17) is 4.74 Å². The molecular formula is C22H21N3O4. The van der Waals surface area contributed by atoms with Crippen LogP contribution in [-0.4, -0.2) is 51.9 Å². The van der Waals surface area contributed by atoms with Gasteiger partial charge in [-0.3, -0.25) is 9.59 Å². The summed E-state index contributed by atoms with van der Waals surface area (Å²) in [6.45, 7) is 0.640. The summed E-state index contributed by atoms with van der Waals surface area (Å²) in [6, 6.07) is 16.9. The summed E-state index contributed by atoms with van der Waals surface area (Å²) in [7, 11) is 1.60. The van der Waals surface area contributed by atoms with E-state index in [1.165, 1.54) is 0 Å². The number of carbonyl (C=O) groups is 2. The number of carboxylic acid groups (broad SMARTS) is 1. The van der Waals surface area contributed by atoms with Crippen LogP contribution >= 0.6 is 0 Å². The van der Waals surface area contributed by atoms with Crippen LogP contribution in [0.25, 0.3) is 16.9 Å². The monoisotopic (exact) mass is 391 g/mol. The first-order valence-electron chi connectivity index (χ1n) is 9.38. The third kappa shape index (κ3) is 3.71. The number of hydrogen-bond acceptors (Lipinski definition) is 4. The number of rotatable bonds is 5. The van der Waals surface area contributed by atoms with Gasteiger partial charge in [0.25, 0.3) is 5.91 Å². The molecule has 1 N–H and O–H groups in total. The van der Waals surface area contributed by atoms with Crippen LogP contribution in [0.5, 0.6) is 5.75 Å². The lowest BCUT2D eigenvalue weighted by molar-refractivity contribution is -0.141. The number of benzene rings is 2. The smallest absolute Gasteiger partial charge is 0.308 e. The van der Waals surface area contributed by atoms with Crippen molar-refractivity contribution >= 4 is 11.9 Å². The Morgan fingerprint density at radius 2 is 1.83 bits per heavy atom. The Kier molecular flexibility index (Phi) is 5.03. The van der Waals surface area contributed by atoms with E-state index < -0.39 is 11.9 Å². The van der Waals surface area contributed by atoms with Gasteiger partial charge in [0.15, 0.2) is 0 Å². The molecule has 1 amide bonds. The molecule has 0 radical (unpaired) electrons. The van der Waals surface area contributed by atoms with Crippen LogP contribution in [0.3, 0.4) is 0 Å². The van der Waals surface area contributed by atoms with Gasteiger partial charge in [-0.15, -0.1) is 0 Å². The molecule has 0 bridgehead atoms. The molecule has 7 nitrogen and oxygen atoms in total. The predicted molar refractivity (Wildman–Crippen MR) is 107 cm³/mol. The highest BCUT2D eigenvalue weighted by molar-refractivity contribution is 6.00. The number of nitrogens with zero attached hydrogens (tertiary/aromatic N) is 3. The van der Waals surface area contributed by atoms with Gasteiger partial charge in [-0.05, 0) is 42.8 Å². The van der Waals surface area contributed by atoms with Gasteiger partial charge in [-0.2, -0.15) is 5.10 Å². The van der Waals surface area contributed by atoms with Crippen molar-refractivity contribution in [1.29, 1.82) is 0 Å². The third-order valence-electron chi connectivity index (χ3n) is 5.15. The van der Waals surface area contributed by atoms with Gasteiger partial charge in [0.1, 0.15) is 11.4 Å². The summed E-state index contributed by atoms with van der Waals surface area (Å²) in [5, 5.41) is 13.9. The van der Waals surface area contributed by atoms with E-state index in [-0.39, 0.29) is 12.5 Å². The predicted octanol–water partition coefficient (Wildman–Crippen LogP) is 3.09. The molecule has 0 aliphatic carbocycles. The molecule has 0 spiro atoms. The second-order valence-corrected chi connectivity index (χ2v) is 6.98. The molecule has 0 saturated carbocycles. The van der Waals surface area contributed by atoms with Crippen LogP contribution < -0.4 is 4.74 Å². The van der Waals surface area contributed by atoms with Gasteiger partial charge < -0.3 is 14.7 Å². The van der Waals surface area contributed by atoms with Crippen LogP contribution in [0.2, 0.25) is 0 Å². The molecule has 1 aliphatic heterocycles. The largest absolute Gasteiger partial charge is 0.497 e. The number of likely N-dealkylation sites (tertiary alicyclic amines) is 1. The van der Waals surface area contributed by atoms with Crippen molar-refractivity contribution in [2.45, 2.75) is 6.42 Å². The second kappa shape index (κ2) is 7.79. The summed E-state index contributed by atoms with van der Waals surface area (Å²) in [5.74, 6) is -0.877. The van der Waals surface area contributed by atoms with E-state index in [2.05, 4.69) is 5.10 Å². The average molecular weight is 391 g/mol. The summed E-state index contributed by atoms with van der Waals surface area (Å²) >= 11 is 0. The Hall–Kier alpha value is -3.61. The molecule has 7 heteroatoms. The summed E-state index contributed by atoms with van der Waals surface area (Å²) < 4.78 is 6.89. The molecule has 1 aromatic heterocycles. The lowest BCUT2D eigenvalue weighted by Gasteiger charge is -2.15. The number of para-hydroxylation sites is 1. The van der Waals surface area contributed by atoms with Crippen molar-refractivity contribution in [3.05, 3.63) is 66.4 Å². The maximum absolute atomic E-state index is 13.2. The van der Waals surface area contributed by atoms with Crippen LogP contribution in [0, 0.1) is 5.92 Å². The van der Waals surface area contributed by atoms with Gasteiger partial charge in [0.05, 0.1) is 24.3 Å². The SMILES string of the molecule is COc1ccc(-c2nn(-c3ccccc3)cc2C(=O)N2CCC(C(=O)O)C2)cc1. The van der Waals surface area contributed by atoms with Gasteiger partial charge in [0, 0.05) is 24.8 Å². The zero-order chi connectivity index (χ0) is 20.4. The van der Waals surface area contributed by atoms with E-state index in [0.717, 1.165) is 11.3 Å². The number of methoxy groups -OCH3 is 1. The Balaban J connectivity index is 1.73. The number of amides is 1. The van der Waals surface area contributed by atoms with Crippen LogP contribution in [0.1, 0.15) is 16.8 Å². The van der Waals surface area contributed by atoms with E-state index in [1.807, 2.05) is 54.6 Å². The molecule has 29 heavy (non-hydrogen) atoms. The fourth-order valence-electron chi connectivity index (χ4n) is 3.52. The highest BCUT2D eigenvalue weighted by atomic mass is 16.5. The number of hydrogen-bond donors (Lipinski definition) is 1. The van der Waals surface area contributed by atoms with Crippen molar-refractivity contribution in [1.82, 2.24) is 14.7 Å². The average Bonchev–Trinajstić information content (AvgIpc) is 3.42. The van der Waals surface area contributed by atoms with Gasteiger partial charge in [0.2, 0.25) is 0 Å². The Morgan fingerprint density at radius 1 is 1.10 bits per heavy atom. The molecule has 2 aromatic carbocycles. The van der Waals surface area contributed by atoms with E-state index in [1.54, 1.807) is 22.9 Å². The number of ether oxygens (including phenoxy) is 1. The molecule has 1 fully saturated rings. The normalized spacial score (nSPS) is 16.0. The quantitative estimate of drug-likeness (QED) is 0.722. The topological polar surface area (TPSA) is 84.7 Å². The fourth-order valence-corrected chi connectivity index (χ4v) is 3.52. The Morgan fingerprint density at radius 3 is 2.45 bits per heavy atom. The third-order valence-corrected chi connectivity index (χ3v) is 5.15. The molecule has 1 unspecified atom stereocenters. The number of aliphatic carboxylic acids is 1. The van der Waals surface area contributed by atoms with Crippen LogP contribution in [0.15, 0.2) is 60.8 Å². The van der Waals surface area contributed by atoms with Crippen molar-refractivity contribution in [3.8, 4) is 22.7 Å². The molecule has 4 rings (SSSR count). The number of aromatic nitrogens is 2. The first-order valence-corrected chi connectivity index (χ1v) is 9.38. The minimum atomic E-state index is -0.865. The first-order chi connectivity index (χ1) is 14.1. The molecule has 1 saturated heterocycles. The number of carboxylic acids is 1. The maximum Gasteiger partial charge on any atom is 0.308 e. The van der Waals surface area contributed by atoms with Crippen molar-refractivity contribution in [2.24, 2.45) is 5.92 Å². The van der Waals surface area contributed by atoms with Crippen LogP contribution in [-0.2, 0) is 4.79 Å². The molecule has 3 aromatic rings. The summed E-state index contributed by atoms with van der Waals surface area (Å²) in [6.07, 6.45) is 2.18. The number of carbonyl (C=O) groups excluding carboxylic acids is 1. The standard InChI is InChI=1S/C22H21N3O4/c1-29-18-9-7-15(8-10-18)20-19(14-25(23-20)17-5-3-2-4-6-17)21(26)24-12-11-16(13-24)22(27)28/h2-10,14,16H,11-13H2,1H3,(H,27,28). The molecule has 148 valence electrons. The van der Waals surface area contributed by atoms with Crippen LogP contribution in [0.4, 0.5) is 0 Å². The Bertz CT molecular complexity index is 1030. The highest BCUT2D eigenvalue weighted by Crippen LogP contribution is 2.28. The molecular weight excluding hydrogens is 370 g/mol. The zero-order valence-electron chi connectivity index (χ0n) is 16.0. The lowest BCUT2D eigenvalue weighted by Crippen LogP contribution is -2.30. The Labute approximate surface area is 168 Å². The van der Waals surface area contributed by atoms with E-state index >= 15 is 0 Å². The maximum atomic E-state index is 13.2. The summed E-state index contributed by atoms with van der Waals surface area (Å²) in [4.78, 5) is 26.1. The molecule has 1 aliphatic rings. The van der Waals surface area contributed by atoms with Gasteiger partial charge in [-0.1, -0.05) is 18.2 Å². The van der Waals surface area contributed by atoms with E-state index in [0.29, 0.717) is 30.0 Å². The minimum Gasteiger partial charge on any atom is -0.497 e. The highest BCUT2D eigenvalue weighted by Gasteiger charge is 2.33. The minimum absolute atomic E-state index is 0.207. The van der Waals surface area contributed by atoms with Gasteiger partial charge in [-0.25, -0.2) is 4.68 Å². The molecule has 1 atom stereocenters. The fraction of sp³-hybridized carbons (Fsp3) is 0.227. The second-order valence-electron chi connectivity index (χ2n) is 6.98. The van der Waals surface area contributed by atoms with Gasteiger partial charge >= 0.3 is 5.97 Å². The summed E-state index contributed by atoms with van der Waals surface area (Å²) in [5.41, 5.74) is 2.63. The zero-order valence-corrected chi connectivity index (χ0v) is 16.0. The van der Waals surface area contributed by atoms with Crippen molar-refractivity contribution in [3.63, 3.8) is 0 Å². The molecule has 2 heterocycles. The first kappa shape index (κ1) is 18.7. The van der Waals surface area contributed by atoms with Crippen molar-refractivity contribution < 1.29 is 19.4 Å². The van der Waals surface area contributed by atoms with Crippen molar-refractivity contribution in [2.75, 3.05) is 20.2 Å². The van der Waals surface area contributed by atoms with E-state index in [9.17, 15) is 14.7 Å². The lowest BCUT2D eigenvalue weighted by atomic mass is 10.1.